The van der Waals surface area contributed by atoms with E-state index in [1.54, 1.807) is 45.0 Å². The number of carboxylic acids is 1. The summed E-state index contributed by atoms with van der Waals surface area (Å²) in [7, 11) is 0. The van der Waals surface area contributed by atoms with Gasteiger partial charge >= 0.3 is 5.97 Å². The second kappa shape index (κ2) is 6.55. The molecule has 1 N–H and O–H groups in total. The Balaban J connectivity index is 1.89. The number of benzene rings is 1. The summed E-state index contributed by atoms with van der Waals surface area (Å²) in [4.78, 5) is 52.5. The molecule has 26 heavy (non-hydrogen) atoms. The first kappa shape index (κ1) is 18.1. The Bertz CT molecular complexity index is 753. The minimum absolute atomic E-state index is 0.0989. The van der Waals surface area contributed by atoms with E-state index in [1.807, 2.05) is 0 Å². The number of imide groups is 1. The summed E-state index contributed by atoms with van der Waals surface area (Å²) in [5.74, 6) is -3.34. The van der Waals surface area contributed by atoms with Crippen LogP contribution in [0.2, 0.25) is 0 Å². The molecule has 1 unspecified atom stereocenters. The van der Waals surface area contributed by atoms with Gasteiger partial charge in [-0.15, -0.1) is 0 Å². The molecule has 1 fully saturated rings. The number of carboxylic acid groups (broad SMARTS) is 1. The number of hydrogen-bond donors (Lipinski definition) is 1. The Morgan fingerprint density at radius 1 is 1.08 bits per heavy atom. The van der Waals surface area contributed by atoms with E-state index in [1.165, 1.54) is 4.90 Å². The monoisotopic (exact) mass is 358 g/mol. The molecular weight excluding hydrogens is 336 g/mol. The second-order valence-electron chi connectivity index (χ2n) is 7.38. The van der Waals surface area contributed by atoms with Crippen LogP contribution in [-0.2, 0) is 9.59 Å². The van der Waals surface area contributed by atoms with E-state index in [0.29, 0.717) is 17.7 Å². The van der Waals surface area contributed by atoms with Crippen LogP contribution in [0.4, 0.5) is 0 Å². The van der Waals surface area contributed by atoms with Crippen LogP contribution >= 0.6 is 0 Å². The van der Waals surface area contributed by atoms with E-state index in [0.717, 1.165) is 4.90 Å². The number of amides is 3. The molecule has 7 heteroatoms. The third-order valence-corrected chi connectivity index (χ3v) is 5.23. The molecule has 3 rings (SSSR count). The molecular formula is C19H22N2O5. The van der Waals surface area contributed by atoms with Crippen molar-refractivity contribution < 1.29 is 24.3 Å². The minimum atomic E-state index is -0.942. The zero-order valence-corrected chi connectivity index (χ0v) is 15.0. The van der Waals surface area contributed by atoms with Crippen LogP contribution in [0.15, 0.2) is 24.3 Å². The number of rotatable bonds is 4. The first-order valence-electron chi connectivity index (χ1n) is 8.72. The van der Waals surface area contributed by atoms with Gasteiger partial charge in [0.1, 0.15) is 6.04 Å². The number of hydrogen-bond acceptors (Lipinski definition) is 4. The van der Waals surface area contributed by atoms with Crippen molar-refractivity contribution in [2.45, 2.75) is 26.8 Å². The highest BCUT2D eigenvalue weighted by Crippen LogP contribution is 2.30. The molecule has 0 aromatic heterocycles. The first-order valence-corrected chi connectivity index (χ1v) is 8.72. The zero-order chi connectivity index (χ0) is 19.2. The Morgan fingerprint density at radius 3 is 2.04 bits per heavy atom. The molecule has 0 bridgehead atoms. The van der Waals surface area contributed by atoms with Crippen molar-refractivity contribution in [3.63, 3.8) is 0 Å². The Morgan fingerprint density at radius 2 is 1.62 bits per heavy atom. The quantitative estimate of drug-likeness (QED) is 0.823. The average Bonchev–Trinajstić information content (AvgIpc) is 3.09. The molecule has 0 radical (unpaired) electrons. The van der Waals surface area contributed by atoms with Gasteiger partial charge in [0, 0.05) is 13.1 Å². The SMILES string of the molecule is CC(C)C(C(=O)N1C[C@@H](C)[C@H](C(=O)O)C1)N1C(=O)c2ccccc2C1=O. The molecule has 1 aromatic rings. The van der Waals surface area contributed by atoms with Crippen LogP contribution in [0.3, 0.4) is 0 Å². The summed E-state index contributed by atoms with van der Waals surface area (Å²) in [5.41, 5.74) is 0.600. The number of carbonyl (C=O) groups excluding carboxylic acids is 3. The standard InChI is InChI=1S/C19H22N2O5/c1-10(2)15(18(24)20-8-11(3)14(9-20)19(25)26)21-16(22)12-6-4-5-7-13(12)17(21)23/h4-7,10-11,14-15H,8-9H2,1-3H3,(H,25,26)/t11-,14-,15?/m1/s1. The summed E-state index contributed by atoms with van der Waals surface area (Å²) in [6, 6.07) is 5.58. The maximum atomic E-state index is 13.1. The van der Waals surface area contributed by atoms with Crippen LogP contribution < -0.4 is 0 Å². The normalized spacial score (nSPS) is 23.5. The fourth-order valence-electron chi connectivity index (χ4n) is 3.81. The molecule has 1 saturated heterocycles. The van der Waals surface area contributed by atoms with E-state index in [-0.39, 0.29) is 24.3 Å². The van der Waals surface area contributed by atoms with E-state index >= 15 is 0 Å². The fraction of sp³-hybridized carbons (Fsp3) is 0.474. The van der Waals surface area contributed by atoms with Crippen molar-refractivity contribution >= 4 is 23.7 Å². The highest BCUT2D eigenvalue weighted by atomic mass is 16.4. The summed E-state index contributed by atoms with van der Waals surface area (Å²) >= 11 is 0. The van der Waals surface area contributed by atoms with Crippen molar-refractivity contribution in [3.05, 3.63) is 35.4 Å². The molecule has 3 amide bonds. The van der Waals surface area contributed by atoms with Crippen LogP contribution in [0.25, 0.3) is 0 Å². The molecule has 2 heterocycles. The predicted octanol–water partition coefficient (Wildman–Crippen LogP) is 1.49. The van der Waals surface area contributed by atoms with Gasteiger partial charge in [0.15, 0.2) is 0 Å². The lowest BCUT2D eigenvalue weighted by molar-refractivity contribution is -0.142. The van der Waals surface area contributed by atoms with Crippen molar-refractivity contribution in [3.8, 4) is 0 Å². The van der Waals surface area contributed by atoms with Gasteiger partial charge in [-0.05, 0) is 24.0 Å². The van der Waals surface area contributed by atoms with Gasteiger partial charge in [-0.1, -0.05) is 32.9 Å². The van der Waals surface area contributed by atoms with Crippen molar-refractivity contribution in [1.29, 1.82) is 0 Å². The van der Waals surface area contributed by atoms with Crippen molar-refractivity contribution in [1.82, 2.24) is 9.80 Å². The van der Waals surface area contributed by atoms with Crippen LogP contribution in [0, 0.1) is 17.8 Å². The lowest BCUT2D eigenvalue weighted by Gasteiger charge is -2.31. The number of fused-ring (bicyclic) bond motifs is 1. The lowest BCUT2D eigenvalue weighted by Crippen LogP contribution is -2.53. The molecule has 0 spiro atoms. The van der Waals surface area contributed by atoms with E-state index in [4.69, 9.17) is 0 Å². The summed E-state index contributed by atoms with van der Waals surface area (Å²) < 4.78 is 0. The molecule has 1 aromatic carbocycles. The molecule has 2 aliphatic rings. The Labute approximate surface area is 151 Å². The van der Waals surface area contributed by atoms with Gasteiger partial charge in [-0.3, -0.25) is 24.1 Å². The molecule has 0 saturated carbocycles. The first-order chi connectivity index (χ1) is 12.2. The smallest absolute Gasteiger partial charge is 0.308 e. The van der Waals surface area contributed by atoms with Crippen molar-refractivity contribution in [2.24, 2.45) is 17.8 Å². The lowest BCUT2D eigenvalue weighted by atomic mass is 9.99. The number of likely N-dealkylation sites (tertiary alicyclic amines) is 1. The van der Waals surface area contributed by atoms with Gasteiger partial charge in [-0.25, -0.2) is 0 Å². The van der Waals surface area contributed by atoms with Gasteiger partial charge in [0.2, 0.25) is 5.91 Å². The summed E-state index contributed by atoms with van der Waals surface area (Å²) in [5, 5.41) is 9.29. The molecule has 7 nitrogen and oxygen atoms in total. The molecule has 3 atom stereocenters. The van der Waals surface area contributed by atoms with Gasteiger partial charge in [0.05, 0.1) is 17.0 Å². The van der Waals surface area contributed by atoms with Crippen LogP contribution in [-0.4, -0.2) is 57.7 Å². The fourth-order valence-corrected chi connectivity index (χ4v) is 3.81. The second-order valence-corrected chi connectivity index (χ2v) is 7.38. The molecule has 2 aliphatic heterocycles. The van der Waals surface area contributed by atoms with Gasteiger partial charge in [-0.2, -0.15) is 0 Å². The van der Waals surface area contributed by atoms with E-state index < -0.39 is 29.7 Å². The number of carbonyl (C=O) groups is 4. The molecule has 138 valence electrons. The Kier molecular flexibility index (Phi) is 4.56. The van der Waals surface area contributed by atoms with Crippen molar-refractivity contribution in [2.75, 3.05) is 13.1 Å². The minimum Gasteiger partial charge on any atom is -0.481 e. The van der Waals surface area contributed by atoms with Gasteiger partial charge in [0.25, 0.3) is 11.8 Å². The number of nitrogens with zero attached hydrogens (tertiary/aromatic N) is 2. The highest BCUT2D eigenvalue weighted by molar-refractivity contribution is 6.22. The van der Waals surface area contributed by atoms with E-state index in [9.17, 15) is 24.3 Å². The third kappa shape index (κ3) is 2.77. The maximum Gasteiger partial charge on any atom is 0.308 e. The topological polar surface area (TPSA) is 95.0 Å². The highest BCUT2D eigenvalue weighted by Gasteiger charge is 2.47. The van der Waals surface area contributed by atoms with Gasteiger partial charge < -0.3 is 10.0 Å². The summed E-state index contributed by atoms with van der Waals surface area (Å²) in [6.45, 7) is 5.75. The average molecular weight is 358 g/mol. The Hall–Kier alpha value is -2.70. The van der Waals surface area contributed by atoms with E-state index in [2.05, 4.69) is 0 Å². The summed E-state index contributed by atoms with van der Waals surface area (Å²) in [6.07, 6.45) is 0. The zero-order valence-electron chi connectivity index (χ0n) is 15.0. The third-order valence-electron chi connectivity index (χ3n) is 5.23. The predicted molar refractivity (Wildman–Crippen MR) is 92.4 cm³/mol. The number of aliphatic carboxylic acids is 1. The maximum absolute atomic E-state index is 13.1. The van der Waals surface area contributed by atoms with Crippen LogP contribution in [0.1, 0.15) is 41.5 Å². The van der Waals surface area contributed by atoms with Crippen LogP contribution in [0.5, 0.6) is 0 Å². The largest absolute Gasteiger partial charge is 0.481 e. The molecule has 0 aliphatic carbocycles.